The van der Waals surface area contributed by atoms with Gasteiger partial charge in [-0.1, -0.05) is 25.5 Å². The van der Waals surface area contributed by atoms with Gasteiger partial charge in [0.05, 0.1) is 17.5 Å². The summed E-state index contributed by atoms with van der Waals surface area (Å²) in [7, 11) is 0. The van der Waals surface area contributed by atoms with Crippen molar-refractivity contribution in [3.05, 3.63) is 58.4 Å². The molecule has 3 rings (SSSR count). The number of nitrogens with zero attached hydrogens (tertiary/aromatic N) is 1. The molecule has 1 heterocycles. The van der Waals surface area contributed by atoms with E-state index < -0.39 is 0 Å². The molecule has 118 valence electrons. The first kappa shape index (κ1) is 15.3. The Morgan fingerprint density at radius 1 is 1.17 bits per heavy atom. The maximum atomic E-state index is 12.2. The molecule has 0 aliphatic heterocycles. The molecule has 0 amide bonds. The number of hydrogen-bond acceptors (Lipinski definition) is 3. The van der Waals surface area contributed by atoms with E-state index in [9.17, 15) is 4.79 Å². The molecule has 0 spiro atoms. The van der Waals surface area contributed by atoms with E-state index in [0.29, 0.717) is 16.7 Å². The summed E-state index contributed by atoms with van der Waals surface area (Å²) >= 11 is 0. The standard InChI is InChI=1S/C19H20N2O2/c1-3-4-11-23-17-10-9-14(12-13(17)2)18-20-16-8-6-5-7-15(16)19(22)21-18/h5-10,12H,3-4,11H2,1-2H3,(H,20,21,22). The lowest BCUT2D eigenvalue weighted by Gasteiger charge is -2.10. The fraction of sp³-hybridized carbons (Fsp3) is 0.263. The van der Waals surface area contributed by atoms with Crippen molar-refractivity contribution < 1.29 is 4.74 Å². The molecule has 0 saturated heterocycles. The zero-order chi connectivity index (χ0) is 16.2. The Balaban J connectivity index is 1.96. The van der Waals surface area contributed by atoms with Gasteiger partial charge in [-0.2, -0.15) is 0 Å². The second-order valence-electron chi connectivity index (χ2n) is 5.61. The number of hydrogen-bond donors (Lipinski definition) is 1. The molecule has 2 aromatic carbocycles. The van der Waals surface area contributed by atoms with Crippen LogP contribution in [0.2, 0.25) is 0 Å². The monoisotopic (exact) mass is 308 g/mol. The molecular weight excluding hydrogens is 288 g/mol. The van der Waals surface area contributed by atoms with Crippen molar-refractivity contribution in [2.75, 3.05) is 6.61 Å². The first-order valence-electron chi connectivity index (χ1n) is 7.92. The van der Waals surface area contributed by atoms with Gasteiger partial charge >= 0.3 is 0 Å². The molecule has 1 aromatic heterocycles. The SMILES string of the molecule is CCCCOc1ccc(-c2nc3ccccc3c(=O)[nH]2)cc1C. The van der Waals surface area contributed by atoms with Crippen LogP contribution in [-0.2, 0) is 0 Å². The second kappa shape index (κ2) is 6.65. The van der Waals surface area contributed by atoms with Crippen LogP contribution in [0.15, 0.2) is 47.3 Å². The minimum absolute atomic E-state index is 0.119. The van der Waals surface area contributed by atoms with E-state index in [2.05, 4.69) is 16.9 Å². The summed E-state index contributed by atoms with van der Waals surface area (Å²) in [5.74, 6) is 1.46. The number of ether oxygens (including phenoxy) is 1. The summed E-state index contributed by atoms with van der Waals surface area (Å²) in [5, 5.41) is 0.604. The molecule has 0 saturated carbocycles. The van der Waals surface area contributed by atoms with Crippen LogP contribution in [0.3, 0.4) is 0 Å². The van der Waals surface area contributed by atoms with E-state index >= 15 is 0 Å². The van der Waals surface area contributed by atoms with Gasteiger partial charge in [0, 0.05) is 5.56 Å². The normalized spacial score (nSPS) is 10.9. The van der Waals surface area contributed by atoms with E-state index in [-0.39, 0.29) is 5.56 Å². The number of aryl methyl sites for hydroxylation is 1. The molecule has 4 heteroatoms. The molecule has 1 N–H and O–H groups in total. The summed E-state index contributed by atoms with van der Waals surface area (Å²) in [6.45, 7) is 4.87. The Hall–Kier alpha value is -2.62. The first-order valence-corrected chi connectivity index (χ1v) is 7.92. The average Bonchev–Trinajstić information content (AvgIpc) is 2.56. The molecular formula is C19H20N2O2. The van der Waals surface area contributed by atoms with Crippen LogP contribution in [-0.4, -0.2) is 16.6 Å². The van der Waals surface area contributed by atoms with E-state index in [4.69, 9.17) is 4.74 Å². The summed E-state index contributed by atoms with van der Waals surface area (Å²) in [6.07, 6.45) is 2.15. The van der Waals surface area contributed by atoms with E-state index in [1.807, 2.05) is 43.3 Å². The van der Waals surface area contributed by atoms with E-state index in [0.717, 1.165) is 36.3 Å². The van der Waals surface area contributed by atoms with Crippen LogP contribution >= 0.6 is 0 Å². The number of H-pyrrole nitrogens is 1. The minimum Gasteiger partial charge on any atom is -0.493 e. The first-order chi connectivity index (χ1) is 11.2. The maximum absolute atomic E-state index is 12.2. The molecule has 23 heavy (non-hydrogen) atoms. The molecule has 0 radical (unpaired) electrons. The predicted octanol–water partition coefficient (Wildman–Crippen LogP) is 4.08. The third-order valence-electron chi connectivity index (χ3n) is 3.82. The van der Waals surface area contributed by atoms with Gasteiger partial charge in [-0.25, -0.2) is 4.98 Å². The number of para-hydroxylation sites is 1. The van der Waals surface area contributed by atoms with Crippen molar-refractivity contribution in [3.63, 3.8) is 0 Å². The number of aromatic amines is 1. The Labute approximate surface area is 135 Å². The molecule has 3 aromatic rings. The predicted molar refractivity (Wildman–Crippen MR) is 92.9 cm³/mol. The van der Waals surface area contributed by atoms with Crippen LogP contribution in [0.25, 0.3) is 22.3 Å². The summed E-state index contributed by atoms with van der Waals surface area (Å²) in [4.78, 5) is 19.6. The van der Waals surface area contributed by atoms with Gasteiger partial charge in [-0.05, 0) is 49.2 Å². The highest BCUT2D eigenvalue weighted by Gasteiger charge is 2.08. The van der Waals surface area contributed by atoms with Crippen molar-refractivity contribution in [3.8, 4) is 17.1 Å². The fourth-order valence-corrected chi connectivity index (χ4v) is 2.51. The minimum atomic E-state index is -0.119. The Bertz CT molecular complexity index is 884. The lowest BCUT2D eigenvalue weighted by atomic mass is 10.1. The van der Waals surface area contributed by atoms with Crippen molar-refractivity contribution in [2.24, 2.45) is 0 Å². The van der Waals surface area contributed by atoms with Crippen LogP contribution in [0.4, 0.5) is 0 Å². The van der Waals surface area contributed by atoms with Crippen molar-refractivity contribution in [1.82, 2.24) is 9.97 Å². The molecule has 0 bridgehead atoms. The van der Waals surface area contributed by atoms with E-state index in [1.54, 1.807) is 6.07 Å². The third-order valence-corrected chi connectivity index (χ3v) is 3.82. The molecule has 0 aliphatic carbocycles. The molecule has 4 nitrogen and oxygen atoms in total. The summed E-state index contributed by atoms with van der Waals surface area (Å²) in [5.41, 5.74) is 2.50. The highest BCUT2D eigenvalue weighted by molar-refractivity contribution is 5.79. The van der Waals surface area contributed by atoms with E-state index in [1.165, 1.54) is 0 Å². The molecule has 0 atom stereocenters. The zero-order valence-corrected chi connectivity index (χ0v) is 13.4. The Morgan fingerprint density at radius 2 is 2.00 bits per heavy atom. The van der Waals surface area contributed by atoms with Gasteiger partial charge < -0.3 is 9.72 Å². The molecule has 0 unspecified atom stereocenters. The average molecular weight is 308 g/mol. The maximum Gasteiger partial charge on any atom is 0.259 e. The van der Waals surface area contributed by atoms with Gasteiger partial charge in [-0.15, -0.1) is 0 Å². The van der Waals surface area contributed by atoms with Gasteiger partial charge in [0.2, 0.25) is 0 Å². The highest BCUT2D eigenvalue weighted by atomic mass is 16.5. The number of rotatable bonds is 5. The number of fused-ring (bicyclic) bond motifs is 1. The van der Waals surface area contributed by atoms with Gasteiger partial charge in [0.1, 0.15) is 11.6 Å². The summed E-state index contributed by atoms with van der Waals surface area (Å²) in [6, 6.07) is 13.2. The number of aromatic nitrogens is 2. The van der Waals surface area contributed by atoms with Crippen LogP contribution < -0.4 is 10.3 Å². The van der Waals surface area contributed by atoms with Crippen LogP contribution in [0.5, 0.6) is 5.75 Å². The van der Waals surface area contributed by atoms with Crippen molar-refractivity contribution in [1.29, 1.82) is 0 Å². The Kier molecular flexibility index (Phi) is 4.42. The van der Waals surface area contributed by atoms with Gasteiger partial charge in [0.15, 0.2) is 0 Å². The highest BCUT2D eigenvalue weighted by Crippen LogP contribution is 2.24. The quantitative estimate of drug-likeness (QED) is 0.723. The molecule has 0 aliphatic rings. The molecule has 0 fully saturated rings. The third kappa shape index (κ3) is 3.26. The Morgan fingerprint density at radius 3 is 2.78 bits per heavy atom. The zero-order valence-electron chi connectivity index (χ0n) is 13.4. The number of benzene rings is 2. The summed E-state index contributed by atoms with van der Waals surface area (Å²) < 4.78 is 5.77. The largest absolute Gasteiger partial charge is 0.493 e. The number of unbranched alkanes of at least 4 members (excludes halogenated alkanes) is 1. The fourth-order valence-electron chi connectivity index (χ4n) is 2.51. The van der Waals surface area contributed by atoms with Gasteiger partial charge in [-0.3, -0.25) is 4.79 Å². The van der Waals surface area contributed by atoms with Crippen LogP contribution in [0, 0.1) is 6.92 Å². The van der Waals surface area contributed by atoms with Crippen molar-refractivity contribution >= 4 is 10.9 Å². The lowest BCUT2D eigenvalue weighted by molar-refractivity contribution is 0.307. The second-order valence-corrected chi connectivity index (χ2v) is 5.61. The van der Waals surface area contributed by atoms with Crippen LogP contribution in [0.1, 0.15) is 25.3 Å². The lowest BCUT2D eigenvalue weighted by Crippen LogP contribution is -2.09. The van der Waals surface area contributed by atoms with Crippen molar-refractivity contribution in [2.45, 2.75) is 26.7 Å². The smallest absolute Gasteiger partial charge is 0.259 e. The number of nitrogens with one attached hydrogen (secondary N) is 1. The topological polar surface area (TPSA) is 55.0 Å². The van der Waals surface area contributed by atoms with Gasteiger partial charge in [0.25, 0.3) is 5.56 Å².